The first kappa shape index (κ1) is 11.4. The van der Waals surface area contributed by atoms with E-state index in [1.165, 1.54) is 11.0 Å². The third kappa shape index (κ3) is 2.17. The second kappa shape index (κ2) is 4.52. The van der Waals surface area contributed by atoms with Crippen molar-refractivity contribution in [3.05, 3.63) is 30.0 Å². The van der Waals surface area contributed by atoms with Crippen molar-refractivity contribution in [3.8, 4) is 11.5 Å². The molecule has 0 bridgehead atoms. The maximum atomic E-state index is 5.19. The molecular weight excluding hydrogens is 248 g/mol. The lowest BCUT2D eigenvalue weighted by Gasteiger charge is -2.02. The van der Waals surface area contributed by atoms with Crippen molar-refractivity contribution in [2.45, 2.75) is 19.9 Å². The van der Waals surface area contributed by atoms with E-state index >= 15 is 0 Å². The van der Waals surface area contributed by atoms with E-state index in [-0.39, 0.29) is 6.04 Å². The fourth-order valence-corrected chi connectivity index (χ4v) is 1.49. The molecule has 3 rings (SSSR count). The van der Waals surface area contributed by atoms with Crippen LogP contribution in [-0.4, -0.2) is 40.5 Å². The summed E-state index contributed by atoms with van der Waals surface area (Å²) >= 11 is 0. The van der Waals surface area contributed by atoms with Crippen LogP contribution < -0.4 is 0 Å². The molecule has 19 heavy (non-hydrogen) atoms. The van der Waals surface area contributed by atoms with E-state index in [1.807, 2.05) is 19.9 Å². The molecule has 0 aliphatic rings. The van der Waals surface area contributed by atoms with Gasteiger partial charge in [0, 0.05) is 0 Å². The maximum absolute atomic E-state index is 5.19. The molecule has 0 aromatic carbocycles. The predicted octanol–water partition coefficient (Wildman–Crippen LogP) is 0.431. The first-order valence-corrected chi connectivity index (χ1v) is 5.61. The zero-order chi connectivity index (χ0) is 13.2. The van der Waals surface area contributed by atoms with Gasteiger partial charge in [-0.15, -0.1) is 10.2 Å². The summed E-state index contributed by atoms with van der Waals surface area (Å²) in [6.45, 7) is 3.71. The van der Waals surface area contributed by atoms with Crippen molar-refractivity contribution in [3.63, 3.8) is 0 Å². The first-order chi connectivity index (χ1) is 9.24. The molecular formula is C10H10N8O. The summed E-state index contributed by atoms with van der Waals surface area (Å²) in [6, 6.07) is 3.39. The van der Waals surface area contributed by atoms with Gasteiger partial charge in [-0.2, -0.15) is 10.1 Å². The summed E-state index contributed by atoms with van der Waals surface area (Å²) in [5.41, 5.74) is 1.39. The maximum Gasteiger partial charge on any atom is 0.251 e. The van der Waals surface area contributed by atoms with Gasteiger partial charge in [-0.3, -0.25) is 0 Å². The normalized spacial score (nSPS) is 12.5. The number of aryl methyl sites for hydroxylation is 1. The predicted molar refractivity (Wildman–Crippen MR) is 61.7 cm³/mol. The average molecular weight is 258 g/mol. The van der Waals surface area contributed by atoms with Gasteiger partial charge in [0.25, 0.3) is 5.89 Å². The number of nitrogens with zero attached hydrogens (tertiary/aromatic N) is 8. The fourth-order valence-electron chi connectivity index (χ4n) is 1.49. The minimum atomic E-state index is -0.241. The van der Waals surface area contributed by atoms with E-state index in [0.717, 1.165) is 5.69 Å². The lowest BCUT2D eigenvalue weighted by atomic mass is 10.3. The summed E-state index contributed by atoms with van der Waals surface area (Å²) in [5, 5.41) is 22.7. The van der Waals surface area contributed by atoms with E-state index in [2.05, 4.69) is 35.9 Å². The smallest absolute Gasteiger partial charge is 0.251 e. The molecule has 0 unspecified atom stereocenters. The lowest BCUT2D eigenvalue weighted by molar-refractivity contribution is 0.334. The van der Waals surface area contributed by atoms with Gasteiger partial charge in [0.15, 0.2) is 0 Å². The standard InChI is InChI=1S/C10H10N8O/c1-6-3-4-8(14-13-6)9-12-10(19-15-9)7(2)18-5-11-16-17-18/h3-5,7H,1-2H3/t7-/m0/s1. The van der Waals surface area contributed by atoms with Crippen LogP contribution in [0.15, 0.2) is 23.0 Å². The summed E-state index contributed by atoms with van der Waals surface area (Å²) in [7, 11) is 0. The Bertz CT molecular complexity index is 659. The van der Waals surface area contributed by atoms with Gasteiger partial charge in [-0.25, -0.2) is 4.68 Å². The Morgan fingerprint density at radius 3 is 2.84 bits per heavy atom. The summed E-state index contributed by atoms with van der Waals surface area (Å²) < 4.78 is 6.72. The van der Waals surface area contributed by atoms with E-state index in [1.54, 1.807) is 6.07 Å². The molecule has 3 aromatic rings. The van der Waals surface area contributed by atoms with Crippen LogP contribution in [0, 0.1) is 6.92 Å². The van der Waals surface area contributed by atoms with Crippen LogP contribution in [0.25, 0.3) is 11.5 Å². The van der Waals surface area contributed by atoms with Gasteiger partial charge in [0.1, 0.15) is 18.1 Å². The number of rotatable bonds is 3. The summed E-state index contributed by atoms with van der Waals surface area (Å²) in [6.07, 6.45) is 1.49. The van der Waals surface area contributed by atoms with Gasteiger partial charge in [-0.1, -0.05) is 5.16 Å². The van der Waals surface area contributed by atoms with E-state index in [0.29, 0.717) is 17.4 Å². The third-order valence-corrected chi connectivity index (χ3v) is 2.59. The van der Waals surface area contributed by atoms with Gasteiger partial charge in [-0.05, 0) is 36.4 Å². The second-order valence-electron chi connectivity index (χ2n) is 3.98. The number of tetrazole rings is 1. The average Bonchev–Trinajstić information content (AvgIpc) is 3.10. The Balaban J connectivity index is 1.89. The molecule has 0 amide bonds. The molecule has 0 N–H and O–H groups in total. The van der Waals surface area contributed by atoms with Crippen LogP contribution in [0.4, 0.5) is 0 Å². The minimum Gasteiger partial charge on any atom is -0.337 e. The molecule has 0 aliphatic carbocycles. The zero-order valence-electron chi connectivity index (χ0n) is 10.3. The number of hydrogen-bond acceptors (Lipinski definition) is 8. The highest BCUT2D eigenvalue weighted by molar-refractivity contribution is 5.46. The largest absolute Gasteiger partial charge is 0.337 e. The highest BCUT2D eigenvalue weighted by Crippen LogP contribution is 2.18. The third-order valence-electron chi connectivity index (χ3n) is 2.59. The van der Waals surface area contributed by atoms with Crippen molar-refractivity contribution in [2.24, 2.45) is 0 Å². The minimum absolute atomic E-state index is 0.241. The van der Waals surface area contributed by atoms with Crippen molar-refractivity contribution in [2.75, 3.05) is 0 Å². The van der Waals surface area contributed by atoms with Crippen LogP contribution >= 0.6 is 0 Å². The van der Waals surface area contributed by atoms with Gasteiger partial charge >= 0.3 is 0 Å². The molecule has 1 atom stereocenters. The number of aromatic nitrogens is 8. The van der Waals surface area contributed by atoms with E-state index in [4.69, 9.17) is 4.52 Å². The Morgan fingerprint density at radius 1 is 1.26 bits per heavy atom. The Morgan fingerprint density at radius 2 is 2.16 bits per heavy atom. The lowest BCUT2D eigenvalue weighted by Crippen LogP contribution is -2.08. The van der Waals surface area contributed by atoms with Gasteiger partial charge < -0.3 is 4.52 Å². The summed E-state index contributed by atoms with van der Waals surface area (Å²) in [5.74, 6) is 0.798. The van der Waals surface area contributed by atoms with Crippen molar-refractivity contribution in [1.29, 1.82) is 0 Å². The summed E-state index contributed by atoms with van der Waals surface area (Å²) in [4.78, 5) is 4.27. The highest BCUT2D eigenvalue weighted by Gasteiger charge is 2.18. The van der Waals surface area contributed by atoms with Crippen molar-refractivity contribution in [1.82, 2.24) is 40.5 Å². The Kier molecular flexibility index (Phi) is 2.71. The zero-order valence-corrected chi connectivity index (χ0v) is 10.3. The van der Waals surface area contributed by atoms with Crippen LogP contribution in [-0.2, 0) is 0 Å². The van der Waals surface area contributed by atoms with Crippen LogP contribution in [0.5, 0.6) is 0 Å². The van der Waals surface area contributed by atoms with E-state index < -0.39 is 0 Å². The Hall–Kier alpha value is -2.71. The molecule has 0 aliphatic heterocycles. The first-order valence-electron chi connectivity index (χ1n) is 5.61. The van der Waals surface area contributed by atoms with Gasteiger partial charge in [0.05, 0.1) is 5.69 Å². The molecule has 0 spiro atoms. The molecule has 0 saturated heterocycles. The molecule has 0 radical (unpaired) electrons. The monoisotopic (exact) mass is 258 g/mol. The van der Waals surface area contributed by atoms with Crippen molar-refractivity contribution >= 4 is 0 Å². The second-order valence-corrected chi connectivity index (χ2v) is 3.98. The van der Waals surface area contributed by atoms with Crippen LogP contribution in [0.1, 0.15) is 24.6 Å². The topological polar surface area (TPSA) is 108 Å². The molecule has 0 fully saturated rings. The molecule has 3 aromatic heterocycles. The number of hydrogen-bond donors (Lipinski definition) is 0. The SMILES string of the molecule is Cc1ccc(-c2noc([C@H](C)n3cnnn3)n2)nn1. The van der Waals surface area contributed by atoms with Crippen molar-refractivity contribution < 1.29 is 4.52 Å². The molecule has 9 nitrogen and oxygen atoms in total. The van der Waals surface area contributed by atoms with Gasteiger partial charge in [0.2, 0.25) is 5.82 Å². The molecule has 9 heteroatoms. The molecule has 0 saturated carbocycles. The fraction of sp³-hybridized carbons (Fsp3) is 0.300. The highest BCUT2D eigenvalue weighted by atomic mass is 16.5. The van der Waals surface area contributed by atoms with Crippen LogP contribution in [0.2, 0.25) is 0 Å². The molecule has 96 valence electrons. The molecule has 3 heterocycles. The van der Waals surface area contributed by atoms with E-state index in [9.17, 15) is 0 Å². The quantitative estimate of drug-likeness (QED) is 0.665. The van der Waals surface area contributed by atoms with Crippen LogP contribution in [0.3, 0.4) is 0 Å². The Labute approximate surface area is 107 Å².